The highest BCUT2D eigenvalue weighted by atomic mass is 32.3. The lowest BCUT2D eigenvalue weighted by Crippen LogP contribution is -2.34. The summed E-state index contributed by atoms with van der Waals surface area (Å²) in [4.78, 5) is 14.5. The van der Waals surface area contributed by atoms with Crippen molar-refractivity contribution in [3.05, 3.63) is 48.0 Å². The van der Waals surface area contributed by atoms with E-state index in [-0.39, 0.29) is 11.9 Å². The van der Waals surface area contributed by atoms with Crippen LogP contribution in [0.25, 0.3) is 0 Å². The highest BCUT2D eigenvalue weighted by Crippen LogP contribution is 2.60. The molecule has 0 spiro atoms. The zero-order valence-corrected chi connectivity index (χ0v) is 21.4. The molecule has 4 heteroatoms. The molecule has 1 aromatic rings. The van der Waals surface area contributed by atoms with Gasteiger partial charge >= 0.3 is 0 Å². The van der Waals surface area contributed by atoms with Crippen molar-refractivity contribution >= 4 is 15.9 Å². The number of rotatable bonds is 12. The third kappa shape index (κ3) is 6.86. The Kier molecular flexibility index (Phi) is 10.2. The molecule has 0 saturated carbocycles. The van der Waals surface area contributed by atoms with Gasteiger partial charge in [-0.2, -0.15) is 0 Å². The minimum absolute atomic E-state index is 0.135. The molecule has 1 heterocycles. The first-order valence-electron chi connectivity index (χ1n) is 12.2. The number of benzene rings is 1. The summed E-state index contributed by atoms with van der Waals surface area (Å²) >= 11 is 0. The average molecular weight is 448 g/mol. The van der Waals surface area contributed by atoms with Crippen molar-refractivity contribution in [1.29, 1.82) is 0 Å². The van der Waals surface area contributed by atoms with Crippen LogP contribution < -0.4 is 0 Å². The fourth-order valence-corrected chi connectivity index (χ4v) is 10.8. The maximum absolute atomic E-state index is 12.5. The van der Waals surface area contributed by atoms with Crippen LogP contribution in [0.1, 0.15) is 72.8 Å². The quantitative estimate of drug-likeness (QED) is 0.318. The number of likely N-dealkylation sites (tertiary alicyclic amines) is 1. The zero-order chi connectivity index (χ0) is 23.0. The van der Waals surface area contributed by atoms with Gasteiger partial charge in [-0.25, -0.2) is 10.0 Å². The Morgan fingerprint density at radius 1 is 1.03 bits per heavy atom. The minimum Gasteiger partial charge on any atom is -0.389 e. The van der Waals surface area contributed by atoms with Gasteiger partial charge in [0.05, 0.1) is 12.1 Å². The Morgan fingerprint density at radius 3 is 2.23 bits per heavy atom. The molecule has 1 fully saturated rings. The van der Waals surface area contributed by atoms with Crippen LogP contribution in [-0.2, 0) is 11.2 Å². The van der Waals surface area contributed by atoms with Crippen molar-refractivity contribution in [2.75, 3.05) is 12.3 Å². The molecule has 1 N–H and O–H groups in total. The normalized spacial score (nSPS) is 19.4. The molecule has 0 aliphatic carbocycles. The monoisotopic (exact) mass is 447 g/mol. The van der Waals surface area contributed by atoms with Crippen molar-refractivity contribution in [2.24, 2.45) is 0 Å². The van der Waals surface area contributed by atoms with Gasteiger partial charge < -0.3 is 10.0 Å². The van der Waals surface area contributed by atoms with Gasteiger partial charge in [0.25, 0.3) is 0 Å². The van der Waals surface area contributed by atoms with Crippen molar-refractivity contribution < 1.29 is 9.90 Å². The van der Waals surface area contributed by atoms with E-state index in [1.54, 1.807) is 0 Å². The molecule has 0 aromatic heterocycles. The molecule has 1 saturated heterocycles. The number of nitrogens with zero attached hydrogens (tertiary/aromatic N) is 1. The van der Waals surface area contributed by atoms with Gasteiger partial charge in [-0.05, 0) is 46.3 Å². The fourth-order valence-electron chi connectivity index (χ4n) is 5.40. The lowest BCUT2D eigenvalue weighted by Gasteiger charge is -2.52. The number of aliphatic hydroxyl groups excluding tert-OH is 1. The summed E-state index contributed by atoms with van der Waals surface area (Å²) in [7, 11) is -0.671. The second kappa shape index (κ2) is 12.1. The fraction of sp³-hybridized carbons (Fsp3) is 0.667. The zero-order valence-electron chi connectivity index (χ0n) is 20.6. The van der Waals surface area contributed by atoms with Crippen LogP contribution in [0.4, 0.5) is 0 Å². The summed E-state index contributed by atoms with van der Waals surface area (Å²) in [6.45, 7) is 15.3. The first-order valence-corrected chi connectivity index (χ1v) is 14.1. The molecule has 3 nitrogen and oxygen atoms in total. The Morgan fingerprint density at radius 2 is 1.65 bits per heavy atom. The Hall–Kier alpha value is -1.26. The van der Waals surface area contributed by atoms with E-state index in [9.17, 15) is 9.90 Å². The maximum atomic E-state index is 12.5. The van der Waals surface area contributed by atoms with Crippen LogP contribution >= 0.6 is 10.0 Å². The van der Waals surface area contributed by atoms with Crippen LogP contribution in [-0.4, -0.2) is 56.1 Å². The Balaban J connectivity index is 1.89. The maximum Gasteiger partial charge on any atom is 0.223 e. The van der Waals surface area contributed by atoms with E-state index in [4.69, 9.17) is 0 Å². The van der Waals surface area contributed by atoms with Crippen LogP contribution in [0.3, 0.4) is 0 Å². The molecule has 0 unspecified atom stereocenters. The molecule has 2 rings (SSSR count). The first kappa shape index (κ1) is 26.0. The number of carbonyl (C=O) groups excluding carboxylic acids is 1. The van der Waals surface area contributed by atoms with Crippen LogP contribution in [0.15, 0.2) is 42.5 Å². The predicted molar refractivity (Wildman–Crippen MR) is 137 cm³/mol. The van der Waals surface area contributed by atoms with Gasteiger partial charge in [0.1, 0.15) is 0 Å². The number of amides is 1. The summed E-state index contributed by atoms with van der Waals surface area (Å²) < 4.78 is 0. The standard InChI is InChI=1S/C27H45NO2S/c1-21(2)31(22(3)4,23(5)6)19-11-10-18-28-25(15-17-27(28)30)14-16-26(29)20-24-12-8-7-9-13-24/h7-9,12-14,16,21-23,25-26,29H,10-11,15,17-20H2,1-6H3/b16-14+/t25-,26-/m0/s1. The molecule has 1 amide bonds. The van der Waals surface area contributed by atoms with Crippen molar-refractivity contribution in [3.8, 4) is 0 Å². The highest BCUT2D eigenvalue weighted by molar-refractivity contribution is 8.35. The van der Waals surface area contributed by atoms with Crippen LogP contribution in [0.2, 0.25) is 0 Å². The lowest BCUT2D eigenvalue weighted by atomic mass is 10.1. The number of unbranched alkanes of at least 4 members (excludes halogenated alkanes) is 1. The topological polar surface area (TPSA) is 40.5 Å². The van der Waals surface area contributed by atoms with Gasteiger partial charge in [0, 0.05) is 19.4 Å². The first-order chi connectivity index (χ1) is 14.7. The number of hydrogen-bond donors (Lipinski definition) is 1. The van der Waals surface area contributed by atoms with Crippen molar-refractivity contribution in [3.63, 3.8) is 0 Å². The smallest absolute Gasteiger partial charge is 0.223 e. The molecular formula is C27H45NO2S. The summed E-state index contributed by atoms with van der Waals surface area (Å²) in [6, 6.07) is 10.2. The van der Waals surface area contributed by atoms with Crippen molar-refractivity contribution in [2.45, 2.75) is 102 Å². The van der Waals surface area contributed by atoms with E-state index >= 15 is 0 Å². The molecule has 1 aliphatic heterocycles. The summed E-state index contributed by atoms with van der Waals surface area (Å²) in [6.07, 6.45) is 7.81. The summed E-state index contributed by atoms with van der Waals surface area (Å²) in [5.74, 6) is 1.57. The third-order valence-electron chi connectivity index (χ3n) is 7.00. The van der Waals surface area contributed by atoms with E-state index in [1.807, 2.05) is 41.3 Å². The van der Waals surface area contributed by atoms with Gasteiger partial charge in [-0.1, -0.05) is 84.0 Å². The Bertz CT molecular complexity index is 677. The van der Waals surface area contributed by atoms with Crippen LogP contribution in [0.5, 0.6) is 0 Å². The molecule has 176 valence electrons. The van der Waals surface area contributed by atoms with Gasteiger partial charge in [-0.15, -0.1) is 0 Å². The molecule has 1 aliphatic rings. The van der Waals surface area contributed by atoms with E-state index < -0.39 is 16.1 Å². The lowest BCUT2D eigenvalue weighted by molar-refractivity contribution is -0.128. The predicted octanol–water partition coefficient (Wildman–Crippen LogP) is 5.95. The second-order valence-corrected chi connectivity index (χ2v) is 14.9. The summed E-state index contributed by atoms with van der Waals surface area (Å²) in [5.41, 5.74) is 1.13. The third-order valence-corrected chi connectivity index (χ3v) is 13.3. The molecular weight excluding hydrogens is 402 g/mol. The number of hydrogen-bond acceptors (Lipinski definition) is 2. The minimum atomic E-state index is -0.671. The van der Waals surface area contributed by atoms with E-state index in [2.05, 4.69) is 47.6 Å². The van der Waals surface area contributed by atoms with E-state index in [0.717, 1.165) is 40.7 Å². The van der Waals surface area contributed by atoms with E-state index in [1.165, 1.54) is 12.2 Å². The highest BCUT2D eigenvalue weighted by Gasteiger charge is 2.34. The van der Waals surface area contributed by atoms with Crippen LogP contribution in [0, 0.1) is 0 Å². The van der Waals surface area contributed by atoms with Crippen molar-refractivity contribution in [1.82, 2.24) is 4.90 Å². The molecule has 1 aromatic carbocycles. The Labute approximate surface area is 192 Å². The molecule has 0 radical (unpaired) electrons. The molecule has 2 atom stereocenters. The van der Waals surface area contributed by atoms with Gasteiger partial charge in [0.2, 0.25) is 5.91 Å². The largest absolute Gasteiger partial charge is 0.389 e. The molecule has 31 heavy (non-hydrogen) atoms. The second-order valence-electron chi connectivity index (χ2n) is 9.80. The molecule has 0 bridgehead atoms. The van der Waals surface area contributed by atoms with E-state index in [0.29, 0.717) is 12.8 Å². The average Bonchev–Trinajstić information content (AvgIpc) is 3.06. The SMILES string of the molecule is CC(C)S(CCCCN1C(=O)CC[C@@H]1/C=C/[C@H](O)Cc1ccccc1)(C(C)C)C(C)C. The summed E-state index contributed by atoms with van der Waals surface area (Å²) in [5, 5.41) is 12.6. The van der Waals surface area contributed by atoms with Gasteiger partial charge in [-0.3, -0.25) is 4.79 Å². The van der Waals surface area contributed by atoms with Gasteiger partial charge in [0.15, 0.2) is 0 Å². The number of aliphatic hydroxyl groups is 1. The number of carbonyl (C=O) groups is 1.